The Morgan fingerprint density at radius 2 is 1.67 bits per heavy atom. The Bertz CT molecular complexity index is 804. The number of aliphatic hydroxyl groups excluding tert-OH is 1. The number of carbonyl (C=O) groups excluding carboxylic acids is 2. The van der Waals surface area contributed by atoms with Crippen LogP contribution >= 0.6 is 0 Å². The smallest absolute Gasteiger partial charge is 0.274 e. The van der Waals surface area contributed by atoms with Crippen molar-refractivity contribution in [3.05, 3.63) is 53.6 Å². The van der Waals surface area contributed by atoms with Crippen LogP contribution < -0.4 is 5.32 Å². The second kappa shape index (κ2) is 8.59. The normalized spacial score (nSPS) is 15.2. The van der Waals surface area contributed by atoms with Crippen LogP contribution in [0.1, 0.15) is 51.9 Å². The predicted molar refractivity (Wildman–Crippen MR) is 97.2 cm³/mol. The van der Waals surface area contributed by atoms with Gasteiger partial charge in [-0.3, -0.25) is 9.59 Å². The topological polar surface area (TPSA) is 116 Å². The second-order valence-corrected chi connectivity index (χ2v) is 6.42. The van der Waals surface area contributed by atoms with E-state index in [1.807, 2.05) is 0 Å². The number of hydrogen-bond acceptors (Lipinski definition) is 6. The third-order valence-electron chi connectivity index (χ3n) is 4.49. The molecule has 1 aliphatic rings. The fraction of sp³-hybridized carbons (Fsp3) is 0.368. The molecule has 3 N–H and O–H groups in total. The van der Waals surface area contributed by atoms with Crippen LogP contribution in [0, 0.1) is 0 Å². The van der Waals surface area contributed by atoms with Crippen molar-refractivity contribution in [2.45, 2.75) is 25.4 Å². The molecule has 0 radical (unpaired) electrons. The molecular weight excluding hydrogens is 348 g/mol. The summed E-state index contributed by atoms with van der Waals surface area (Å²) >= 11 is 0. The average Bonchev–Trinajstić information content (AvgIpc) is 2.72. The summed E-state index contributed by atoms with van der Waals surface area (Å²) in [5.41, 5.74) is 0.527. The van der Waals surface area contributed by atoms with Crippen LogP contribution in [0.3, 0.4) is 0 Å². The number of phenols is 1. The molecule has 2 aromatic rings. The molecule has 142 valence electrons. The summed E-state index contributed by atoms with van der Waals surface area (Å²) in [5, 5.41) is 22.1. The molecule has 2 amide bonds. The number of nitrogens with one attached hydrogen (secondary N) is 1. The molecule has 0 spiro atoms. The zero-order chi connectivity index (χ0) is 19.2. The summed E-state index contributed by atoms with van der Waals surface area (Å²) in [4.78, 5) is 35.0. The van der Waals surface area contributed by atoms with Crippen molar-refractivity contribution < 1.29 is 19.8 Å². The maximum Gasteiger partial charge on any atom is 0.274 e. The molecule has 1 aliphatic heterocycles. The molecule has 1 fully saturated rings. The van der Waals surface area contributed by atoms with Gasteiger partial charge in [0.1, 0.15) is 5.75 Å². The Hall–Kier alpha value is -3.00. The van der Waals surface area contributed by atoms with Crippen LogP contribution in [0.2, 0.25) is 0 Å². The molecule has 1 aromatic heterocycles. The first-order valence-corrected chi connectivity index (χ1v) is 8.91. The third-order valence-corrected chi connectivity index (χ3v) is 4.49. The van der Waals surface area contributed by atoms with Crippen molar-refractivity contribution in [1.82, 2.24) is 20.2 Å². The maximum atomic E-state index is 12.7. The molecule has 27 heavy (non-hydrogen) atoms. The first-order valence-electron chi connectivity index (χ1n) is 8.91. The number of likely N-dealkylation sites (tertiary alicyclic amines) is 1. The number of rotatable bonds is 5. The molecule has 2 heterocycles. The number of carbonyl (C=O) groups is 2. The first-order chi connectivity index (χ1) is 13.1. The number of hydrogen-bond donors (Lipinski definition) is 3. The highest BCUT2D eigenvalue weighted by atomic mass is 16.3. The molecule has 1 aromatic carbocycles. The Labute approximate surface area is 156 Å². The summed E-state index contributed by atoms with van der Waals surface area (Å²) in [6, 6.07) is 6.05. The van der Waals surface area contributed by atoms with Gasteiger partial charge in [0.15, 0.2) is 11.4 Å². The van der Waals surface area contributed by atoms with Gasteiger partial charge in [0.2, 0.25) is 0 Å². The van der Waals surface area contributed by atoms with Gasteiger partial charge in [0, 0.05) is 32.0 Å². The number of nitrogens with zero attached hydrogens (tertiary/aromatic N) is 3. The van der Waals surface area contributed by atoms with E-state index in [0.29, 0.717) is 18.7 Å². The molecule has 1 saturated heterocycles. The largest absolute Gasteiger partial charge is 0.508 e. The van der Waals surface area contributed by atoms with Crippen LogP contribution in [0.25, 0.3) is 0 Å². The van der Waals surface area contributed by atoms with Gasteiger partial charge >= 0.3 is 0 Å². The minimum Gasteiger partial charge on any atom is -0.508 e. The van der Waals surface area contributed by atoms with Crippen LogP contribution in [-0.2, 0) is 0 Å². The van der Waals surface area contributed by atoms with Crippen LogP contribution in [-0.4, -0.2) is 56.5 Å². The Kier molecular flexibility index (Phi) is 5.97. The van der Waals surface area contributed by atoms with E-state index in [-0.39, 0.29) is 29.6 Å². The van der Waals surface area contributed by atoms with Crippen molar-refractivity contribution in [2.24, 2.45) is 0 Å². The molecule has 1 unspecified atom stereocenters. The minimum atomic E-state index is -0.951. The quantitative estimate of drug-likeness (QED) is 0.730. The van der Waals surface area contributed by atoms with E-state index in [9.17, 15) is 19.8 Å². The predicted octanol–water partition coefficient (Wildman–Crippen LogP) is 1.27. The zero-order valence-electron chi connectivity index (χ0n) is 14.8. The molecule has 8 nitrogen and oxygen atoms in total. The molecule has 8 heteroatoms. The fourth-order valence-corrected chi connectivity index (χ4v) is 2.99. The van der Waals surface area contributed by atoms with Gasteiger partial charge in [-0.15, -0.1) is 0 Å². The van der Waals surface area contributed by atoms with Crippen molar-refractivity contribution in [3.63, 3.8) is 0 Å². The monoisotopic (exact) mass is 370 g/mol. The van der Waals surface area contributed by atoms with Gasteiger partial charge in [-0.05, 0) is 37.0 Å². The number of aromatic hydroxyl groups is 1. The number of amides is 2. The summed E-state index contributed by atoms with van der Waals surface area (Å²) < 4.78 is 0. The summed E-state index contributed by atoms with van der Waals surface area (Å²) in [6.45, 7) is 1.24. The highest BCUT2D eigenvalue weighted by Crippen LogP contribution is 2.17. The lowest BCUT2D eigenvalue weighted by Crippen LogP contribution is -2.38. The van der Waals surface area contributed by atoms with Crippen LogP contribution in [0.5, 0.6) is 5.75 Å². The van der Waals surface area contributed by atoms with E-state index in [2.05, 4.69) is 15.3 Å². The van der Waals surface area contributed by atoms with Gasteiger partial charge in [0.25, 0.3) is 11.8 Å². The molecule has 0 saturated carbocycles. The number of phenolic OH excluding ortho intramolecular Hbond substituents is 1. The fourth-order valence-electron chi connectivity index (χ4n) is 2.99. The zero-order valence-corrected chi connectivity index (χ0v) is 14.8. The van der Waals surface area contributed by atoms with Crippen molar-refractivity contribution in [2.75, 3.05) is 19.6 Å². The van der Waals surface area contributed by atoms with Gasteiger partial charge < -0.3 is 20.4 Å². The highest BCUT2D eigenvalue weighted by molar-refractivity contribution is 6.04. The lowest BCUT2D eigenvalue weighted by Gasteiger charge is -2.26. The molecule has 1 atom stereocenters. The summed E-state index contributed by atoms with van der Waals surface area (Å²) in [6.07, 6.45) is 4.76. The maximum absolute atomic E-state index is 12.7. The number of aromatic nitrogens is 2. The van der Waals surface area contributed by atoms with Crippen molar-refractivity contribution in [1.29, 1.82) is 0 Å². The lowest BCUT2D eigenvalue weighted by molar-refractivity contribution is 0.0710. The lowest BCUT2D eigenvalue weighted by atomic mass is 10.1. The highest BCUT2D eigenvalue weighted by Gasteiger charge is 2.25. The van der Waals surface area contributed by atoms with E-state index < -0.39 is 12.0 Å². The molecular formula is C19H22N4O4. The Morgan fingerprint density at radius 1 is 1.04 bits per heavy atom. The van der Waals surface area contributed by atoms with Crippen molar-refractivity contribution in [3.8, 4) is 5.75 Å². The minimum absolute atomic E-state index is 0.0241. The van der Waals surface area contributed by atoms with Crippen molar-refractivity contribution >= 4 is 11.8 Å². The van der Waals surface area contributed by atoms with E-state index in [1.54, 1.807) is 17.0 Å². The Morgan fingerprint density at radius 3 is 2.33 bits per heavy atom. The number of aliphatic hydroxyl groups is 1. The number of benzene rings is 1. The van der Waals surface area contributed by atoms with Gasteiger partial charge in [-0.25, -0.2) is 9.97 Å². The van der Waals surface area contributed by atoms with Gasteiger partial charge in [-0.1, -0.05) is 12.1 Å². The van der Waals surface area contributed by atoms with Gasteiger partial charge in [0.05, 0.1) is 6.10 Å². The van der Waals surface area contributed by atoms with Gasteiger partial charge in [-0.2, -0.15) is 0 Å². The standard InChI is InChI=1S/C19H22N4O4/c24-14-6-4-13(5-7-14)15(25)12-22-18(26)16-17(21-9-8-20-16)19(27)23-10-2-1-3-11-23/h4-9,15,24-25H,1-3,10-12H2,(H,22,26). The average molecular weight is 370 g/mol. The van der Waals surface area contributed by atoms with Crippen LogP contribution in [0.15, 0.2) is 36.7 Å². The molecule has 0 aliphatic carbocycles. The van der Waals surface area contributed by atoms with E-state index in [1.165, 1.54) is 24.5 Å². The number of piperidine rings is 1. The SMILES string of the molecule is O=C(NCC(O)c1ccc(O)cc1)c1nccnc1C(=O)N1CCCCC1. The third kappa shape index (κ3) is 4.59. The van der Waals surface area contributed by atoms with E-state index >= 15 is 0 Å². The molecule has 3 rings (SSSR count). The van der Waals surface area contributed by atoms with Crippen LogP contribution in [0.4, 0.5) is 0 Å². The molecule has 0 bridgehead atoms. The second-order valence-electron chi connectivity index (χ2n) is 6.42. The van der Waals surface area contributed by atoms with E-state index in [4.69, 9.17) is 0 Å². The van der Waals surface area contributed by atoms with E-state index in [0.717, 1.165) is 19.3 Å². The Balaban J connectivity index is 1.67. The first kappa shape index (κ1) is 18.8. The summed E-state index contributed by atoms with van der Waals surface area (Å²) in [5.74, 6) is -0.774. The summed E-state index contributed by atoms with van der Waals surface area (Å²) in [7, 11) is 0.